The molecule has 12 heteroatoms. The van der Waals surface area contributed by atoms with Crippen molar-refractivity contribution in [2.75, 3.05) is 36.1 Å². The fourth-order valence-corrected chi connectivity index (χ4v) is 4.50. The number of hydrogen-bond acceptors (Lipinski definition) is 9. The van der Waals surface area contributed by atoms with Gasteiger partial charge in [-0.05, 0) is 61.7 Å². The molecule has 37 heavy (non-hydrogen) atoms. The second kappa shape index (κ2) is 10.8. The number of anilines is 5. The molecule has 0 bridgehead atoms. The Kier molecular flexibility index (Phi) is 7.15. The molecule has 5 N–H and O–H groups in total. The lowest BCUT2D eigenvalue weighted by Gasteiger charge is -2.24. The number of piperidine rings is 1. The number of fused-ring (bicyclic) bond motifs is 1. The molecule has 1 aliphatic heterocycles. The van der Waals surface area contributed by atoms with Crippen molar-refractivity contribution in [2.24, 2.45) is 0 Å². The summed E-state index contributed by atoms with van der Waals surface area (Å²) in [5.74, 6) is 1.74. The molecule has 1 saturated heterocycles. The van der Waals surface area contributed by atoms with Gasteiger partial charge in [0.1, 0.15) is 16.3 Å². The summed E-state index contributed by atoms with van der Waals surface area (Å²) in [6, 6.07) is 9.50. The van der Waals surface area contributed by atoms with Gasteiger partial charge in [0.05, 0.1) is 35.9 Å². The van der Waals surface area contributed by atoms with E-state index >= 15 is 0 Å². The van der Waals surface area contributed by atoms with Gasteiger partial charge in [0.2, 0.25) is 5.95 Å². The molecule has 1 aliphatic rings. The van der Waals surface area contributed by atoms with E-state index in [0.29, 0.717) is 34.1 Å². The molecule has 5 rings (SSSR count). The van der Waals surface area contributed by atoms with E-state index < -0.39 is 6.09 Å². The number of carbonyl (C=O) groups is 1. The number of benzene rings is 2. The lowest BCUT2D eigenvalue weighted by atomic mass is 9.90. The van der Waals surface area contributed by atoms with Crippen LogP contribution in [-0.2, 0) is 0 Å². The van der Waals surface area contributed by atoms with Crippen LogP contribution in [0.25, 0.3) is 11.0 Å². The molecule has 1 amide bonds. The lowest BCUT2D eigenvalue weighted by molar-refractivity contribution is 0.210. The third-order valence-electron chi connectivity index (χ3n) is 6.15. The highest BCUT2D eigenvalue weighted by Gasteiger charge is 2.18. The minimum Gasteiger partial charge on any atom is -0.495 e. The van der Waals surface area contributed by atoms with E-state index in [9.17, 15) is 9.90 Å². The number of methoxy groups -OCH3 is 1. The van der Waals surface area contributed by atoms with Gasteiger partial charge in [-0.15, -0.1) is 0 Å². The van der Waals surface area contributed by atoms with Crippen LogP contribution in [0.4, 0.5) is 33.6 Å². The average molecular weight is 521 g/mol. The minimum absolute atomic E-state index is 0.234. The summed E-state index contributed by atoms with van der Waals surface area (Å²) >= 11 is 6.38. The average Bonchev–Trinajstić information content (AvgIpc) is 2.92. The van der Waals surface area contributed by atoms with E-state index in [1.807, 2.05) is 12.1 Å². The van der Waals surface area contributed by atoms with E-state index in [-0.39, 0.29) is 22.5 Å². The summed E-state index contributed by atoms with van der Waals surface area (Å²) in [5.41, 5.74) is 3.51. The highest BCUT2D eigenvalue weighted by atomic mass is 35.5. The molecule has 0 spiro atoms. The zero-order chi connectivity index (χ0) is 25.8. The molecule has 0 aliphatic carbocycles. The molecule has 0 atom stereocenters. The largest absolute Gasteiger partial charge is 0.495 e. The predicted molar refractivity (Wildman–Crippen MR) is 143 cm³/mol. The van der Waals surface area contributed by atoms with Crippen molar-refractivity contribution in [3.05, 3.63) is 59.5 Å². The molecule has 190 valence electrons. The van der Waals surface area contributed by atoms with Crippen molar-refractivity contribution >= 4 is 57.6 Å². The Labute approximate surface area is 217 Å². The Morgan fingerprint density at radius 1 is 1.08 bits per heavy atom. The molecule has 4 aromatic rings. The highest BCUT2D eigenvalue weighted by Crippen LogP contribution is 2.36. The maximum Gasteiger partial charge on any atom is 0.409 e. The van der Waals surface area contributed by atoms with Gasteiger partial charge in [-0.25, -0.2) is 9.78 Å². The lowest BCUT2D eigenvalue weighted by Crippen LogP contribution is -2.26. The first-order chi connectivity index (χ1) is 18.0. The summed E-state index contributed by atoms with van der Waals surface area (Å²) in [6.07, 6.45) is 5.42. The van der Waals surface area contributed by atoms with Crippen LogP contribution < -0.4 is 26.0 Å². The SMILES string of the molecule is COc1cc(C2CCNCC2)ccc1Nc1ncc(Cl)c(Nc2ccc3nccnc3c2NC(=O)O)n1. The fourth-order valence-electron chi connectivity index (χ4n) is 4.36. The zero-order valence-corrected chi connectivity index (χ0v) is 20.7. The fraction of sp³-hybridized carbons (Fsp3) is 0.240. The first-order valence-electron chi connectivity index (χ1n) is 11.7. The van der Waals surface area contributed by atoms with E-state index in [1.54, 1.807) is 19.2 Å². The number of nitrogens with one attached hydrogen (secondary N) is 4. The standard InChI is InChI=1S/C25H25ClN8O3/c1-37-20-12-15(14-6-8-27-9-7-14)2-3-17(20)32-24-30-13-16(26)23(34-24)31-19-5-4-18-21(29-11-10-28-18)22(19)33-25(35)36/h2-5,10-14,27,33H,6-9H2,1H3,(H,35,36)(H2,30,31,32,34). The summed E-state index contributed by atoms with van der Waals surface area (Å²) in [4.78, 5) is 28.8. The van der Waals surface area contributed by atoms with E-state index in [0.717, 1.165) is 25.9 Å². The van der Waals surface area contributed by atoms with Crippen LogP contribution in [0.5, 0.6) is 5.75 Å². The van der Waals surface area contributed by atoms with Crippen LogP contribution in [0.3, 0.4) is 0 Å². The molecule has 2 aromatic carbocycles. The highest BCUT2D eigenvalue weighted by molar-refractivity contribution is 6.33. The zero-order valence-electron chi connectivity index (χ0n) is 20.0. The quantitative estimate of drug-likeness (QED) is 0.222. The molecular formula is C25H25ClN8O3. The number of aromatic nitrogens is 4. The number of rotatable bonds is 7. The van der Waals surface area contributed by atoms with Crippen molar-refractivity contribution in [1.29, 1.82) is 0 Å². The van der Waals surface area contributed by atoms with Gasteiger partial charge in [0, 0.05) is 12.4 Å². The molecule has 3 heterocycles. The van der Waals surface area contributed by atoms with Crippen molar-refractivity contribution in [1.82, 2.24) is 25.3 Å². The maximum absolute atomic E-state index is 11.5. The predicted octanol–water partition coefficient (Wildman–Crippen LogP) is 5.13. The number of nitrogens with zero attached hydrogens (tertiary/aromatic N) is 4. The smallest absolute Gasteiger partial charge is 0.409 e. The van der Waals surface area contributed by atoms with Crippen molar-refractivity contribution in [3.63, 3.8) is 0 Å². The number of hydrogen-bond donors (Lipinski definition) is 5. The normalized spacial score (nSPS) is 13.8. The summed E-state index contributed by atoms with van der Waals surface area (Å²) in [6.45, 7) is 2.02. The monoisotopic (exact) mass is 520 g/mol. The van der Waals surface area contributed by atoms with Gasteiger partial charge < -0.3 is 25.8 Å². The second-order valence-corrected chi connectivity index (χ2v) is 8.87. The second-order valence-electron chi connectivity index (χ2n) is 8.47. The molecule has 0 saturated carbocycles. The van der Waals surface area contributed by atoms with Gasteiger partial charge in [0.15, 0.2) is 5.82 Å². The molecule has 0 radical (unpaired) electrons. The van der Waals surface area contributed by atoms with Gasteiger partial charge in [-0.1, -0.05) is 17.7 Å². The Morgan fingerprint density at radius 3 is 2.65 bits per heavy atom. The van der Waals surface area contributed by atoms with Crippen molar-refractivity contribution in [2.45, 2.75) is 18.8 Å². The summed E-state index contributed by atoms with van der Waals surface area (Å²) in [5, 5.41) is 21.7. The Hall–Kier alpha value is -4.22. The molecule has 1 fully saturated rings. The first kappa shape index (κ1) is 24.5. The maximum atomic E-state index is 11.5. The first-order valence-corrected chi connectivity index (χ1v) is 12.1. The Morgan fingerprint density at radius 2 is 1.86 bits per heavy atom. The third kappa shape index (κ3) is 5.47. The van der Waals surface area contributed by atoms with Gasteiger partial charge >= 0.3 is 6.09 Å². The Balaban J connectivity index is 1.42. The van der Waals surface area contributed by atoms with E-state index in [1.165, 1.54) is 24.2 Å². The van der Waals surface area contributed by atoms with Crippen LogP contribution >= 0.6 is 11.6 Å². The van der Waals surface area contributed by atoms with Crippen molar-refractivity contribution < 1.29 is 14.6 Å². The minimum atomic E-state index is -1.24. The van der Waals surface area contributed by atoms with Crippen LogP contribution in [-0.4, -0.2) is 51.3 Å². The van der Waals surface area contributed by atoms with E-state index in [4.69, 9.17) is 16.3 Å². The molecule has 11 nitrogen and oxygen atoms in total. The van der Waals surface area contributed by atoms with Gasteiger partial charge in [-0.3, -0.25) is 15.3 Å². The Bertz CT molecular complexity index is 1450. The van der Waals surface area contributed by atoms with Crippen LogP contribution in [0.1, 0.15) is 24.3 Å². The van der Waals surface area contributed by atoms with Crippen LogP contribution in [0.2, 0.25) is 5.02 Å². The molecule has 0 unspecified atom stereocenters. The summed E-state index contributed by atoms with van der Waals surface area (Å²) < 4.78 is 5.64. The topological polar surface area (TPSA) is 146 Å². The van der Waals surface area contributed by atoms with E-state index in [2.05, 4.69) is 47.3 Å². The number of amides is 1. The number of carboxylic acid groups (broad SMARTS) is 1. The molecule has 2 aromatic heterocycles. The van der Waals surface area contributed by atoms with Gasteiger partial charge in [-0.2, -0.15) is 4.98 Å². The summed E-state index contributed by atoms with van der Waals surface area (Å²) in [7, 11) is 1.63. The third-order valence-corrected chi connectivity index (χ3v) is 6.43. The molecular weight excluding hydrogens is 496 g/mol. The van der Waals surface area contributed by atoms with Crippen molar-refractivity contribution in [3.8, 4) is 5.75 Å². The van der Waals surface area contributed by atoms with Gasteiger partial charge in [0.25, 0.3) is 0 Å². The van der Waals surface area contributed by atoms with Crippen LogP contribution in [0.15, 0.2) is 48.9 Å². The number of ether oxygens (including phenoxy) is 1. The number of halogens is 1. The van der Waals surface area contributed by atoms with Crippen LogP contribution in [0, 0.1) is 0 Å².